The molecular formula is C8H9NO. The highest BCUT2D eigenvalue weighted by Gasteiger charge is 2.00. The van der Waals surface area contributed by atoms with Gasteiger partial charge in [-0.3, -0.25) is 0 Å². The molecule has 1 aromatic heterocycles. The van der Waals surface area contributed by atoms with Gasteiger partial charge in [0.2, 0.25) is 0 Å². The minimum Gasteiger partial charge on any atom is -0.465 e. The summed E-state index contributed by atoms with van der Waals surface area (Å²) in [7, 11) is 0. The van der Waals surface area contributed by atoms with Crippen LogP contribution in [-0.4, -0.2) is 0 Å². The van der Waals surface area contributed by atoms with Gasteiger partial charge in [0.15, 0.2) is 0 Å². The van der Waals surface area contributed by atoms with Crippen LogP contribution >= 0.6 is 0 Å². The first-order valence-electron chi connectivity index (χ1n) is 3.17. The van der Waals surface area contributed by atoms with E-state index >= 15 is 0 Å². The van der Waals surface area contributed by atoms with Crippen LogP contribution in [0.15, 0.2) is 10.5 Å². The molecule has 1 rings (SSSR count). The monoisotopic (exact) mass is 135 g/mol. The molecule has 0 amide bonds. The number of rotatable bonds is 1. The van der Waals surface area contributed by atoms with Crippen LogP contribution in [0.25, 0.3) is 0 Å². The van der Waals surface area contributed by atoms with E-state index in [1.807, 2.05) is 26.0 Å². The molecule has 2 nitrogen and oxygen atoms in total. The van der Waals surface area contributed by atoms with Crippen LogP contribution in [-0.2, 0) is 6.42 Å². The summed E-state index contributed by atoms with van der Waals surface area (Å²) < 4.78 is 5.23. The lowest BCUT2D eigenvalue weighted by Crippen LogP contribution is -1.71. The predicted octanol–water partition coefficient (Wildman–Crippen LogP) is 1.96. The maximum atomic E-state index is 8.31. The quantitative estimate of drug-likeness (QED) is 0.590. The molecule has 0 aromatic carbocycles. The van der Waals surface area contributed by atoms with Gasteiger partial charge < -0.3 is 4.42 Å². The van der Waals surface area contributed by atoms with Gasteiger partial charge in [-0.2, -0.15) is 5.26 Å². The molecule has 0 saturated heterocycles. The highest BCUT2D eigenvalue weighted by molar-refractivity contribution is 5.20. The maximum Gasteiger partial charge on any atom is 0.118 e. The van der Waals surface area contributed by atoms with Crippen molar-refractivity contribution in [2.75, 3.05) is 0 Å². The van der Waals surface area contributed by atoms with Gasteiger partial charge in [0.25, 0.3) is 0 Å². The van der Waals surface area contributed by atoms with Crippen molar-refractivity contribution in [2.24, 2.45) is 0 Å². The Morgan fingerprint density at radius 3 is 2.70 bits per heavy atom. The summed E-state index contributed by atoms with van der Waals surface area (Å²) in [6, 6.07) is 3.93. The number of hydrogen-bond acceptors (Lipinski definition) is 2. The van der Waals surface area contributed by atoms with E-state index in [9.17, 15) is 0 Å². The van der Waals surface area contributed by atoms with E-state index in [-0.39, 0.29) is 0 Å². The lowest BCUT2D eigenvalue weighted by atomic mass is 10.2. The summed E-state index contributed by atoms with van der Waals surface area (Å²) in [5, 5.41) is 8.31. The van der Waals surface area contributed by atoms with Gasteiger partial charge in [0.1, 0.15) is 11.5 Å². The second kappa shape index (κ2) is 2.57. The number of furan rings is 1. The predicted molar refractivity (Wildman–Crippen MR) is 37.5 cm³/mol. The number of nitriles is 1. The highest BCUT2D eigenvalue weighted by atomic mass is 16.3. The number of aryl methyl sites for hydroxylation is 2. The largest absolute Gasteiger partial charge is 0.465 e. The summed E-state index contributed by atoms with van der Waals surface area (Å²) in [6.45, 7) is 3.87. The first kappa shape index (κ1) is 6.88. The summed E-state index contributed by atoms with van der Waals surface area (Å²) in [4.78, 5) is 0. The first-order chi connectivity index (χ1) is 4.74. The molecule has 0 aliphatic heterocycles. The van der Waals surface area contributed by atoms with Crippen molar-refractivity contribution in [3.8, 4) is 6.07 Å². The van der Waals surface area contributed by atoms with E-state index in [2.05, 4.69) is 0 Å². The summed E-state index contributed by atoms with van der Waals surface area (Å²) in [5.74, 6) is 1.67. The maximum absolute atomic E-state index is 8.31. The van der Waals surface area contributed by atoms with Gasteiger partial charge in [0.05, 0.1) is 12.5 Å². The number of nitrogens with zero attached hydrogens (tertiary/aromatic N) is 1. The fourth-order valence-corrected chi connectivity index (χ4v) is 0.815. The minimum atomic E-state index is 0.370. The normalized spacial score (nSPS) is 9.30. The van der Waals surface area contributed by atoms with Gasteiger partial charge in [-0.05, 0) is 25.5 Å². The van der Waals surface area contributed by atoms with Crippen molar-refractivity contribution >= 4 is 0 Å². The molecular weight excluding hydrogens is 126 g/mol. The van der Waals surface area contributed by atoms with E-state index in [0.717, 1.165) is 17.1 Å². The Bertz CT molecular complexity index is 248. The van der Waals surface area contributed by atoms with Crippen LogP contribution in [0, 0.1) is 25.2 Å². The molecule has 0 aliphatic carbocycles. The molecule has 10 heavy (non-hydrogen) atoms. The van der Waals surface area contributed by atoms with Crippen molar-refractivity contribution in [3.05, 3.63) is 23.2 Å². The Hall–Kier alpha value is -1.23. The van der Waals surface area contributed by atoms with Crippen molar-refractivity contribution in [3.63, 3.8) is 0 Å². The van der Waals surface area contributed by atoms with Crippen molar-refractivity contribution < 1.29 is 4.42 Å². The molecule has 0 bridgehead atoms. The van der Waals surface area contributed by atoms with Gasteiger partial charge in [-0.15, -0.1) is 0 Å². The average Bonchev–Trinajstić information content (AvgIpc) is 2.14. The van der Waals surface area contributed by atoms with E-state index in [0.29, 0.717) is 6.42 Å². The van der Waals surface area contributed by atoms with Crippen LogP contribution in [0.5, 0.6) is 0 Å². The lowest BCUT2D eigenvalue weighted by molar-refractivity contribution is 0.494. The second-order valence-electron chi connectivity index (χ2n) is 2.29. The third-order valence-corrected chi connectivity index (χ3v) is 1.47. The molecule has 0 saturated carbocycles. The summed E-state index contributed by atoms with van der Waals surface area (Å²) in [5.41, 5.74) is 1.12. The molecule has 0 unspecified atom stereocenters. The molecule has 0 aliphatic rings. The second-order valence-corrected chi connectivity index (χ2v) is 2.29. The standard InChI is InChI=1S/C8H9NO/c1-6-5-8(3-4-9)10-7(6)2/h5H,3H2,1-2H3. The Morgan fingerprint density at radius 2 is 2.30 bits per heavy atom. The zero-order chi connectivity index (χ0) is 7.56. The van der Waals surface area contributed by atoms with Gasteiger partial charge >= 0.3 is 0 Å². The Kier molecular flexibility index (Phi) is 1.77. The molecule has 0 radical (unpaired) electrons. The van der Waals surface area contributed by atoms with Crippen molar-refractivity contribution in [2.45, 2.75) is 20.3 Å². The first-order valence-corrected chi connectivity index (χ1v) is 3.17. The zero-order valence-corrected chi connectivity index (χ0v) is 6.14. The summed E-state index contributed by atoms with van der Waals surface area (Å²) in [6.07, 6.45) is 0.370. The molecule has 1 aromatic rings. The Balaban J connectivity index is 2.90. The minimum absolute atomic E-state index is 0.370. The molecule has 0 fully saturated rings. The molecule has 0 atom stereocenters. The third-order valence-electron chi connectivity index (χ3n) is 1.47. The van der Waals surface area contributed by atoms with Crippen LogP contribution in [0.1, 0.15) is 17.1 Å². The lowest BCUT2D eigenvalue weighted by Gasteiger charge is -1.82. The van der Waals surface area contributed by atoms with E-state index in [1.165, 1.54) is 0 Å². The summed E-state index contributed by atoms with van der Waals surface area (Å²) >= 11 is 0. The van der Waals surface area contributed by atoms with E-state index < -0.39 is 0 Å². The molecule has 0 spiro atoms. The van der Waals surface area contributed by atoms with Gasteiger partial charge in [0, 0.05) is 0 Å². The SMILES string of the molecule is Cc1cc(CC#N)oc1C. The van der Waals surface area contributed by atoms with Crippen LogP contribution < -0.4 is 0 Å². The smallest absolute Gasteiger partial charge is 0.118 e. The van der Waals surface area contributed by atoms with E-state index in [4.69, 9.17) is 9.68 Å². The van der Waals surface area contributed by atoms with Crippen LogP contribution in [0.4, 0.5) is 0 Å². The average molecular weight is 135 g/mol. The third kappa shape index (κ3) is 1.19. The Labute approximate surface area is 60.1 Å². The van der Waals surface area contributed by atoms with Crippen molar-refractivity contribution in [1.29, 1.82) is 5.26 Å². The van der Waals surface area contributed by atoms with Gasteiger partial charge in [-0.1, -0.05) is 0 Å². The molecule has 0 N–H and O–H groups in total. The molecule has 2 heteroatoms. The van der Waals surface area contributed by atoms with Gasteiger partial charge in [-0.25, -0.2) is 0 Å². The van der Waals surface area contributed by atoms with E-state index in [1.54, 1.807) is 0 Å². The van der Waals surface area contributed by atoms with Crippen LogP contribution in [0.3, 0.4) is 0 Å². The fraction of sp³-hybridized carbons (Fsp3) is 0.375. The molecule has 1 heterocycles. The number of hydrogen-bond donors (Lipinski definition) is 0. The Morgan fingerprint density at radius 1 is 1.60 bits per heavy atom. The fourth-order valence-electron chi connectivity index (χ4n) is 0.815. The topological polar surface area (TPSA) is 36.9 Å². The molecule has 52 valence electrons. The highest BCUT2D eigenvalue weighted by Crippen LogP contribution is 2.12. The van der Waals surface area contributed by atoms with Crippen molar-refractivity contribution in [1.82, 2.24) is 0 Å². The zero-order valence-electron chi connectivity index (χ0n) is 6.14. The van der Waals surface area contributed by atoms with Crippen LogP contribution in [0.2, 0.25) is 0 Å².